The van der Waals surface area contributed by atoms with Gasteiger partial charge in [-0.25, -0.2) is 9.97 Å². The average Bonchev–Trinajstić information content (AvgIpc) is 2.84. The lowest BCUT2D eigenvalue weighted by molar-refractivity contribution is 0.0293. The average molecular weight is 433 g/mol. The molecule has 0 amide bonds. The van der Waals surface area contributed by atoms with Gasteiger partial charge in [0.2, 0.25) is 0 Å². The predicted octanol–water partition coefficient (Wildman–Crippen LogP) is 2.62. The van der Waals surface area contributed by atoms with E-state index in [4.69, 9.17) is 4.74 Å². The molecule has 2 aliphatic rings. The van der Waals surface area contributed by atoms with E-state index in [1.165, 1.54) is 11.1 Å². The number of nitrogens with zero attached hydrogens (tertiary/aromatic N) is 5. The summed E-state index contributed by atoms with van der Waals surface area (Å²) in [6.07, 6.45) is 6.42. The van der Waals surface area contributed by atoms with E-state index in [1.54, 1.807) is 25.8 Å². The first kappa shape index (κ1) is 20.7. The predicted molar refractivity (Wildman–Crippen MR) is 123 cm³/mol. The molecule has 166 valence electrons. The first-order valence-corrected chi connectivity index (χ1v) is 11.0. The monoisotopic (exact) mass is 432 g/mol. The maximum Gasteiger partial charge on any atom is 0.160 e. The van der Waals surface area contributed by atoms with Crippen molar-refractivity contribution in [2.24, 2.45) is 0 Å². The van der Waals surface area contributed by atoms with Crippen molar-refractivity contribution in [1.82, 2.24) is 19.9 Å². The van der Waals surface area contributed by atoms with Crippen molar-refractivity contribution >= 4 is 17.3 Å². The van der Waals surface area contributed by atoms with Gasteiger partial charge in [-0.1, -0.05) is 24.3 Å². The number of aliphatic hydroxyl groups is 1. The van der Waals surface area contributed by atoms with E-state index in [2.05, 4.69) is 54.3 Å². The van der Waals surface area contributed by atoms with Crippen molar-refractivity contribution in [2.45, 2.75) is 31.5 Å². The number of hydrogen-bond donors (Lipinski definition) is 2. The molecule has 5 rings (SSSR count). The molecule has 1 fully saturated rings. The second-order valence-electron chi connectivity index (χ2n) is 8.32. The van der Waals surface area contributed by atoms with E-state index in [0.29, 0.717) is 18.1 Å². The highest BCUT2D eigenvalue weighted by atomic mass is 16.5. The number of β-amino-alcohol motifs (C(OH)–C–C–N with tert-alkyl or cyclic N) is 1. The summed E-state index contributed by atoms with van der Waals surface area (Å²) in [7, 11) is 1.61. The Morgan fingerprint density at radius 3 is 2.84 bits per heavy atom. The Hall–Kier alpha value is -3.23. The van der Waals surface area contributed by atoms with Gasteiger partial charge in [-0.2, -0.15) is 0 Å². The highest BCUT2D eigenvalue weighted by Crippen LogP contribution is 2.29. The molecule has 0 saturated carbocycles. The molecule has 1 unspecified atom stereocenters. The third kappa shape index (κ3) is 4.24. The maximum atomic E-state index is 11.0. The molecule has 4 heterocycles. The van der Waals surface area contributed by atoms with E-state index in [-0.39, 0.29) is 6.04 Å². The van der Waals surface area contributed by atoms with Crippen molar-refractivity contribution in [1.29, 1.82) is 0 Å². The number of rotatable bonds is 5. The first-order chi connectivity index (χ1) is 15.7. The number of aliphatic hydroxyl groups excluding tert-OH is 1. The number of anilines is 3. The third-order valence-corrected chi connectivity index (χ3v) is 6.42. The minimum atomic E-state index is -0.430. The second-order valence-corrected chi connectivity index (χ2v) is 8.32. The van der Waals surface area contributed by atoms with Gasteiger partial charge in [0.1, 0.15) is 18.0 Å². The van der Waals surface area contributed by atoms with Crippen molar-refractivity contribution in [2.75, 3.05) is 37.0 Å². The highest BCUT2D eigenvalue weighted by molar-refractivity contribution is 5.64. The number of pyridine rings is 1. The van der Waals surface area contributed by atoms with Gasteiger partial charge in [0.15, 0.2) is 5.75 Å². The molecule has 0 radical (unpaired) electrons. The van der Waals surface area contributed by atoms with Crippen LogP contribution in [0.5, 0.6) is 5.75 Å². The molecule has 1 saturated heterocycles. The topological polar surface area (TPSA) is 86.6 Å². The number of fused-ring (bicyclic) bond motifs is 1. The number of benzene rings is 1. The fourth-order valence-corrected chi connectivity index (χ4v) is 4.73. The molecular weight excluding hydrogens is 404 g/mol. The number of ether oxygens (including phenoxy) is 1. The molecule has 0 aliphatic carbocycles. The lowest BCUT2D eigenvalue weighted by Gasteiger charge is -2.43. The number of methoxy groups -OCH3 is 1. The van der Waals surface area contributed by atoms with Gasteiger partial charge in [0.25, 0.3) is 0 Å². The molecule has 32 heavy (non-hydrogen) atoms. The lowest BCUT2D eigenvalue weighted by atomic mass is 9.94. The molecule has 2 N–H and O–H groups in total. The summed E-state index contributed by atoms with van der Waals surface area (Å²) < 4.78 is 5.35. The Morgan fingerprint density at radius 1 is 1.12 bits per heavy atom. The van der Waals surface area contributed by atoms with Crippen LogP contribution in [0.2, 0.25) is 0 Å². The molecule has 2 aliphatic heterocycles. The Bertz CT molecular complexity index is 1080. The zero-order valence-electron chi connectivity index (χ0n) is 18.2. The molecule has 8 nitrogen and oxygen atoms in total. The van der Waals surface area contributed by atoms with Crippen molar-refractivity contribution < 1.29 is 9.84 Å². The van der Waals surface area contributed by atoms with Gasteiger partial charge in [0.05, 0.1) is 25.1 Å². The highest BCUT2D eigenvalue weighted by Gasteiger charge is 2.34. The van der Waals surface area contributed by atoms with Crippen LogP contribution in [0.15, 0.2) is 55.1 Å². The van der Waals surface area contributed by atoms with Crippen LogP contribution in [-0.4, -0.2) is 63.8 Å². The molecule has 1 aromatic carbocycles. The zero-order chi connectivity index (χ0) is 21.9. The minimum absolute atomic E-state index is 0.167. The van der Waals surface area contributed by atoms with Gasteiger partial charge in [-0.05, 0) is 30.0 Å². The van der Waals surface area contributed by atoms with Gasteiger partial charge in [-0.15, -0.1) is 0 Å². The van der Waals surface area contributed by atoms with Crippen LogP contribution < -0.4 is 15.0 Å². The summed E-state index contributed by atoms with van der Waals surface area (Å²) in [5, 5.41) is 14.3. The standard InChI is InChI=1S/C24H28N6O2/c1-32-22-13-25-9-6-19(22)28-23-12-24(27-16-26-23)30-11-8-20(21(31)15-30)29-10-7-17-4-2-3-5-18(17)14-29/h2-6,9,12-13,16,20-21,31H,7-8,10-11,14-15H2,1H3,(H,25,26,27,28)/t20?,21-/m0/s1. The van der Waals surface area contributed by atoms with Crippen molar-refractivity contribution in [3.63, 3.8) is 0 Å². The largest absolute Gasteiger partial charge is 0.493 e. The van der Waals surface area contributed by atoms with Crippen LogP contribution >= 0.6 is 0 Å². The quantitative estimate of drug-likeness (QED) is 0.636. The molecule has 2 atom stereocenters. The summed E-state index contributed by atoms with van der Waals surface area (Å²) in [6, 6.07) is 12.5. The Balaban J connectivity index is 1.25. The van der Waals surface area contributed by atoms with Crippen LogP contribution in [0, 0.1) is 0 Å². The van der Waals surface area contributed by atoms with Crippen LogP contribution in [0.3, 0.4) is 0 Å². The van der Waals surface area contributed by atoms with E-state index >= 15 is 0 Å². The van der Waals surface area contributed by atoms with Gasteiger partial charge < -0.3 is 20.1 Å². The molecule has 3 aromatic rings. The van der Waals surface area contributed by atoms with Gasteiger partial charge in [-0.3, -0.25) is 9.88 Å². The molecular formula is C24H28N6O2. The smallest absolute Gasteiger partial charge is 0.160 e. The van der Waals surface area contributed by atoms with Crippen molar-refractivity contribution in [3.05, 3.63) is 66.2 Å². The SMILES string of the molecule is COc1cnccc1Nc1cc(N2CCC(N3CCc4ccccc4C3)[C@@H](O)C2)ncn1. The van der Waals surface area contributed by atoms with Gasteiger partial charge in [0, 0.05) is 44.5 Å². The van der Waals surface area contributed by atoms with E-state index < -0.39 is 6.10 Å². The van der Waals surface area contributed by atoms with E-state index in [9.17, 15) is 5.11 Å². The summed E-state index contributed by atoms with van der Waals surface area (Å²) in [4.78, 5) is 17.4. The molecule has 8 heteroatoms. The molecule has 0 bridgehead atoms. The van der Waals surface area contributed by atoms with Crippen LogP contribution in [-0.2, 0) is 13.0 Å². The fraction of sp³-hybridized carbons (Fsp3) is 0.375. The third-order valence-electron chi connectivity index (χ3n) is 6.42. The Labute approximate surface area is 187 Å². The Morgan fingerprint density at radius 2 is 2.00 bits per heavy atom. The number of aromatic nitrogens is 3. The summed E-state index contributed by atoms with van der Waals surface area (Å²) in [6.45, 7) is 3.30. The van der Waals surface area contributed by atoms with Crippen molar-refractivity contribution in [3.8, 4) is 5.75 Å². The minimum Gasteiger partial charge on any atom is -0.493 e. The summed E-state index contributed by atoms with van der Waals surface area (Å²) >= 11 is 0. The van der Waals surface area contributed by atoms with E-state index in [0.717, 1.165) is 44.0 Å². The first-order valence-electron chi connectivity index (χ1n) is 11.0. The van der Waals surface area contributed by atoms with Gasteiger partial charge >= 0.3 is 0 Å². The summed E-state index contributed by atoms with van der Waals surface area (Å²) in [5.41, 5.74) is 3.60. The molecule has 2 aromatic heterocycles. The normalized spacial score (nSPS) is 21.1. The zero-order valence-corrected chi connectivity index (χ0v) is 18.2. The lowest BCUT2D eigenvalue weighted by Crippen LogP contribution is -2.55. The fourth-order valence-electron chi connectivity index (χ4n) is 4.73. The Kier molecular flexibility index (Phi) is 5.87. The van der Waals surface area contributed by atoms with Crippen LogP contribution in [0.25, 0.3) is 0 Å². The maximum absolute atomic E-state index is 11.0. The summed E-state index contributed by atoms with van der Waals surface area (Å²) in [5.74, 6) is 2.12. The second kappa shape index (κ2) is 9.10. The van der Waals surface area contributed by atoms with Crippen LogP contribution in [0.4, 0.5) is 17.3 Å². The number of nitrogens with one attached hydrogen (secondary N) is 1. The number of piperidine rings is 1. The number of hydrogen-bond acceptors (Lipinski definition) is 8. The molecule has 0 spiro atoms. The van der Waals surface area contributed by atoms with Crippen LogP contribution in [0.1, 0.15) is 17.5 Å². The van der Waals surface area contributed by atoms with E-state index in [1.807, 2.05) is 12.1 Å².